The van der Waals surface area contributed by atoms with Gasteiger partial charge in [0.1, 0.15) is 5.60 Å². The van der Waals surface area contributed by atoms with E-state index in [0.29, 0.717) is 0 Å². The average Bonchev–Trinajstić information content (AvgIpc) is 2.84. The van der Waals surface area contributed by atoms with Gasteiger partial charge in [-0.1, -0.05) is 0 Å². The van der Waals surface area contributed by atoms with Crippen LogP contribution in [0.3, 0.4) is 0 Å². The molecule has 0 heterocycles. The molecule has 0 unspecified atom stereocenters. The minimum Gasteiger partial charge on any atom is -0.368 e. The van der Waals surface area contributed by atoms with Crippen LogP contribution < -0.4 is 0 Å². The first-order valence-electron chi connectivity index (χ1n) is 4.93. The Hall–Kier alpha value is -0.570. The van der Waals surface area contributed by atoms with Crippen LogP contribution in [0.1, 0.15) is 33.6 Å². The molecule has 0 bridgehead atoms. The molecule has 0 spiro atoms. The van der Waals surface area contributed by atoms with Crippen molar-refractivity contribution in [3.63, 3.8) is 0 Å². The van der Waals surface area contributed by atoms with Crippen LogP contribution in [0.2, 0.25) is 0 Å². The normalized spacial score (nSPS) is 18.8. The maximum absolute atomic E-state index is 11.9. The number of rotatable bonds is 4. The van der Waals surface area contributed by atoms with Crippen molar-refractivity contribution >= 4 is 5.91 Å². The molecule has 0 N–H and O–H groups in total. The molecule has 1 amide bonds. The van der Waals surface area contributed by atoms with E-state index < -0.39 is 5.60 Å². The Kier molecular flexibility index (Phi) is 2.96. The molecular weight excluding hydrogens is 166 g/mol. The first kappa shape index (κ1) is 10.5. The van der Waals surface area contributed by atoms with Gasteiger partial charge in [-0.15, -0.1) is 0 Å². The van der Waals surface area contributed by atoms with E-state index in [1.165, 1.54) is 0 Å². The van der Waals surface area contributed by atoms with Gasteiger partial charge in [-0.25, -0.2) is 0 Å². The number of hydrogen-bond acceptors (Lipinski definition) is 2. The van der Waals surface area contributed by atoms with E-state index in [1.807, 2.05) is 25.7 Å². The second kappa shape index (κ2) is 3.66. The number of carbonyl (C=O) groups excluding carboxylic acids is 1. The third-order valence-corrected chi connectivity index (χ3v) is 2.71. The predicted octanol–water partition coefficient (Wildman–Crippen LogP) is 1.42. The number of nitrogens with zero attached hydrogens (tertiary/aromatic N) is 1. The number of likely N-dealkylation sites (N-methyl/N-ethyl adjacent to an activating group) is 1. The summed E-state index contributed by atoms with van der Waals surface area (Å²) in [5, 5.41) is 0. The molecular formula is C10H19NO2. The largest absolute Gasteiger partial charge is 0.368 e. The van der Waals surface area contributed by atoms with Crippen molar-refractivity contribution < 1.29 is 9.53 Å². The minimum absolute atomic E-state index is 0.160. The molecule has 0 aliphatic heterocycles. The Labute approximate surface area is 80.1 Å². The van der Waals surface area contributed by atoms with E-state index in [1.54, 1.807) is 7.11 Å². The SMILES string of the molecule is CCN(C(=O)C1(OC)CC1)C(C)C. The van der Waals surface area contributed by atoms with Crippen LogP contribution in [-0.4, -0.2) is 36.1 Å². The van der Waals surface area contributed by atoms with Crippen LogP contribution in [0.25, 0.3) is 0 Å². The molecule has 1 fully saturated rings. The van der Waals surface area contributed by atoms with Crippen molar-refractivity contribution in [3.8, 4) is 0 Å². The van der Waals surface area contributed by atoms with E-state index in [2.05, 4.69) is 0 Å². The molecule has 0 atom stereocenters. The maximum atomic E-state index is 11.9. The van der Waals surface area contributed by atoms with Crippen LogP contribution in [0, 0.1) is 0 Å². The van der Waals surface area contributed by atoms with E-state index in [-0.39, 0.29) is 11.9 Å². The molecule has 0 radical (unpaired) electrons. The summed E-state index contributed by atoms with van der Waals surface area (Å²) < 4.78 is 5.25. The molecule has 13 heavy (non-hydrogen) atoms. The maximum Gasteiger partial charge on any atom is 0.255 e. The summed E-state index contributed by atoms with van der Waals surface area (Å²) >= 11 is 0. The summed E-state index contributed by atoms with van der Waals surface area (Å²) in [7, 11) is 1.62. The molecule has 0 aromatic carbocycles. The molecule has 76 valence electrons. The van der Waals surface area contributed by atoms with E-state index in [4.69, 9.17) is 4.74 Å². The molecule has 1 rings (SSSR count). The summed E-state index contributed by atoms with van der Waals surface area (Å²) in [4.78, 5) is 13.8. The monoisotopic (exact) mass is 185 g/mol. The minimum atomic E-state index is -0.458. The Balaban J connectivity index is 2.64. The van der Waals surface area contributed by atoms with Crippen molar-refractivity contribution in [1.29, 1.82) is 0 Å². The lowest BCUT2D eigenvalue weighted by Gasteiger charge is -2.28. The number of amides is 1. The van der Waals surface area contributed by atoms with Gasteiger partial charge in [0.2, 0.25) is 0 Å². The first-order valence-corrected chi connectivity index (χ1v) is 4.93. The van der Waals surface area contributed by atoms with Crippen molar-refractivity contribution in [2.45, 2.75) is 45.3 Å². The highest BCUT2D eigenvalue weighted by Gasteiger charge is 2.52. The lowest BCUT2D eigenvalue weighted by atomic mass is 10.2. The van der Waals surface area contributed by atoms with Gasteiger partial charge < -0.3 is 9.64 Å². The van der Waals surface area contributed by atoms with E-state index in [9.17, 15) is 4.79 Å². The molecule has 0 aromatic rings. The van der Waals surface area contributed by atoms with Gasteiger partial charge in [0.15, 0.2) is 0 Å². The third-order valence-electron chi connectivity index (χ3n) is 2.71. The van der Waals surface area contributed by atoms with Crippen LogP contribution in [-0.2, 0) is 9.53 Å². The van der Waals surface area contributed by atoms with Crippen molar-refractivity contribution in [2.24, 2.45) is 0 Å². The molecule has 1 aliphatic rings. The second-order valence-corrected chi connectivity index (χ2v) is 3.88. The summed E-state index contributed by atoms with van der Waals surface area (Å²) in [6, 6.07) is 0.269. The molecule has 0 aromatic heterocycles. The van der Waals surface area contributed by atoms with Gasteiger partial charge in [-0.2, -0.15) is 0 Å². The number of carbonyl (C=O) groups is 1. The summed E-state index contributed by atoms with van der Waals surface area (Å²) in [6.45, 7) is 6.84. The van der Waals surface area contributed by atoms with E-state index >= 15 is 0 Å². The lowest BCUT2D eigenvalue weighted by molar-refractivity contribution is -0.146. The lowest BCUT2D eigenvalue weighted by Crippen LogP contribution is -2.45. The zero-order valence-corrected chi connectivity index (χ0v) is 8.96. The zero-order chi connectivity index (χ0) is 10.1. The highest BCUT2D eigenvalue weighted by Crippen LogP contribution is 2.40. The van der Waals surface area contributed by atoms with Gasteiger partial charge in [0, 0.05) is 19.7 Å². The average molecular weight is 185 g/mol. The Bertz CT molecular complexity index is 197. The summed E-state index contributed by atoms with van der Waals surface area (Å²) in [5.74, 6) is 0.160. The van der Waals surface area contributed by atoms with Gasteiger partial charge in [-0.05, 0) is 33.6 Å². The summed E-state index contributed by atoms with van der Waals surface area (Å²) in [5.41, 5.74) is -0.458. The third kappa shape index (κ3) is 1.85. The van der Waals surface area contributed by atoms with Crippen LogP contribution in [0.15, 0.2) is 0 Å². The summed E-state index contributed by atoms with van der Waals surface area (Å²) in [6.07, 6.45) is 1.76. The molecule has 1 saturated carbocycles. The van der Waals surface area contributed by atoms with Gasteiger partial charge >= 0.3 is 0 Å². The predicted molar refractivity (Wildman–Crippen MR) is 51.5 cm³/mol. The standard InChI is InChI=1S/C10H19NO2/c1-5-11(8(2)3)9(12)10(13-4)6-7-10/h8H,5-7H2,1-4H3. The number of ether oxygens (including phenoxy) is 1. The van der Waals surface area contributed by atoms with E-state index in [0.717, 1.165) is 19.4 Å². The Morgan fingerprint density at radius 1 is 1.54 bits per heavy atom. The van der Waals surface area contributed by atoms with Gasteiger partial charge in [-0.3, -0.25) is 4.79 Å². The quantitative estimate of drug-likeness (QED) is 0.663. The Morgan fingerprint density at radius 3 is 2.31 bits per heavy atom. The van der Waals surface area contributed by atoms with Crippen molar-refractivity contribution in [3.05, 3.63) is 0 Å². The van der Waals surface area contributed by atoms with Crippen LogP contribution in [0.4, 0.5) is 0 Å². The fourth-order valence-corrected chi connectivity index (χ4v) is 1.62. The van der Waals surface area contributed by atoms with Crippen LogP contribution >= 0.6 is 0 Å². The molecule has 1 aliphatic carbocycles. The van der Waals surface area contributed by atoms with Crippen LogP contribution in [0.5, 0.6) is 0 Å². The molecule has 3 heteroatoms. The molecule has 3 nitrogen and oxygen atoms in total. The number of methoxy groups -OCH3 is 1. The van der Waals surface area contributed by atoms with Crippen molar-refractivity contribution in [1.82, 2.24) is 4.90 Å². The first-order chi connectivity index (χ1) is 6.07. The Morgan fingerprint density at radius 2 is 2.08 bits per heavy atom. The van der Waals surface area contributed by atoms with Gasteiger partial charge in [0.25, 0.3) is 5.91 Å². The fourth-order valence-electron chi connectivity index (χ4n) is 1.62. The second-order valence-electron chi connectivity index (χ2n) is 3.88. The smallest absolute Gasteiger partial charge is 0.255 e. The highest BCUT2D eigenvalue weighted by molar-refractivity contribution is 5.88. The van der Waals surface area contributed by atoms with Gasteiger partial charge in [0.05, 0.1) is 0 Å². The fraction of sp³-hybridized carbons (Fsp3) is 0.900. The highest BCUT2D eigenvalue weighted by atomic mass is 16.5. The zero-order valence-electron chi connectivity index (χ0n) is 8.96. The topological polar surface area (TPSA) is 29.5 Å². The number of hydrogen-bond donors (Lipinski definition) is 0. The van der Waals surface area contributed by atoms with Crippen molar-refractivity contribution in [2.75, 3.05) is 13.7 Å². The molecule has 0 saturated heterocycles.